The first kappa shape index (κ1) is 13.5. The van der Waals surface area contributed by atoms with Gasteiger partial charge in [0, 0.05) is 11.1 Å². The van der Waals surface area contributed by atoms with Gasteiger partial charge in [0.1, 0.15) is 5.75 Å². The van der Waals surface area contributed by atoms with Crippen molar-refractivity contribution in [1.82, 2.24) is 5.32 Å². The van der Waals surface area contributed by atoms with Crippen molar-refractivity contribution in [1.29, 1.82) is 0 Å². The zero-order valence-corrected chi connectivity index (χ0v) is 9.51. The van der Waals surface area contributed by atoms with Gasteiger partial charge in [0.05, 0.1) is 6.54 Å². The number of carbonyl (C=O) groups excluding carboxylic acids is 3. The summed E-state index contributed by atoms with van der Waals surface area (Å²) in [7, 11) is 0. The molecule has 0 fully saturated rings. The molecule has 0 atom stereocenters. The van der Waals surface area contributed by atoms with E-state index in [1.807, 2.05) is 0 Å². The smallest absolute Gasteiger partial charge is 0.258 e. The Kier molecular flexibility index (Phi) is 5.13. The van der Waals surface area contributed by atoms with Crippen molar-refractivity contribution in [2.24, 2.45) is 0 Å². The van der Waals surface area contributed by atoms with Crippen LogP contribution in [0.1, 0.15) is 20.7 Å². The summed E-state index contributed by atoms with van der Waals surface area (Å²) < 4.78 is 5.15. The van der Waals surface area contributed by atoms with E-state index in [9.17, 15) is 14.4 Å². The first-order valence-corrected chi connectivity index (χ1v) is 5.08. The lowest BCUT2D eigenvalue weighted by Gasteiger charge is -2.07. The van der Waals surface area contributed by atoms with Crippen LogP contribution in [0.2, 0.25) is 0 Å². The van der Waals surface area contributed by atoms with Gasteiger partial charge in [0.2, 0.25) is 0 Å². The molecule has 0 aliphatic heterocycles. The SMILES string of the molecule is C#CCNC(=O)COc1ccc(C=O)c(C=O)c1. The third-order valence-corrected chi connectivity index (χ3v) is 2.07. The van der Waals surface area contributed by atoms with E-state index in [4.69, 9.17) is 11.2 Å². The lowest BCUT2D eigenvalue weighted by Crippen LogP contribution is -2.29. The van der Waals surface area contributed by atoms with Crippen LogP contribution in [-0.2, 0) is 4.79 Å². The van der Waals surface area contributed by atoms with Crippen LogP contribution in [0.25, 0.3) is 0 Å². The maximum absolute atomic E-state index is 11.2. The summed E-state index contributed by atoms with van der Waals surface area (Å²) in [5.74, 6) is 2.23. The van der Waals surface area contributed by atoms with Crippen molar-refractivity contribution in [3.63, 3.8) is 0 Å². The number of rotatable bonds is 6. The van der Waals surface area contributed by atoms with Crippen molar-refractivity contribution in [2.45, 2.75) is 0 Å². The Bertz CT molecular complexity index is 502. The average molecular weight is 245 g/mol. The van der Waals surface area contributed by atoms with Crippen molar-refractivity contribution in [3.8, 4) is 18.1 Å². The highest BCUT2D eigenvalue weighted by molar-refractivity contribution is 5.90. The first-order chi connectivity index (χ1) is 8.71. The quantitative estimate of drug-likeness (QED) is 0.583. The van der Waals surface area contributed by atoms with Gasteiger partial charge in [0.25, 0.3) is 5.91 Å². The molecule has 0 bridgehead atoms. The number of terminal acetylenes is 1. The number of hydrogen-bond donors (Lipinski definition) is 1. The van der Waals surface area contributed by atoms with Gasteiger partial charge in [-0.2, -0.15) is 0 Å². The summed E-state index contributed by atoms with van der Waals surface area (Å²) in [4.78, 5) is 32.5. The molecule has 1 N–H and O–H groups in total. The second-order valence-corrected chi connectivity index (χ2v) is 3.30. The minimum atomic E-state index is -0.361. The van der Waals surface area contributed by atoms with Gasteiger partial charge >= 0.3 is 0 Å². The first-order valence-electron chi connectivity index (χ1n) is 5.08. The molecular weight excluding hydrogens is 234 g/mol. The number of ether oxygens (including phenoxy) is 1. The van der Waals surface area contributed by atoms with E-state index in [-0.39, 0.29) is 30.2 Å². The average Bonchev–Trinajstić information content (AvgIpc) is 2.42. The molecule has 1 aromatic rings. The molecule has 92 valence electrons. The number of hydrogen-bond acceptors (Lipinski definition) is 4. The highest BCUT2D eigenvalue weighted by Gasteiger charge is 2.05. The molecule has 0 spiro atoms. The monoisotopic (exact) mass is 245 g/mol. The van der Waals surface area contributed by atoms with E-state index in [1.165, 1.54) is 18.2 Å². The predicted molar refractivity (Wildman–Crippen MR) is 64.6 cm³/mol. The molecule has 1 rings (SSSR count). The Morgan fingerprint density at radius 3 is 2.67 bits per heavy atom. The fourth-order valence-electron chi connectivity index (χ4n) is 1.20. The third kappa shape index (κ3) is 3.76. The molecule has 0 unspecified atom stereocenters. The van der Waals surface area contributed by atoms with Crippen LogP contribution in [0, 0.1) is 12.3 Å². The van der Waals surface area contributed by atoms with E-state index in [0.29, 0.717) is 18.3 Å². The van der Waals surface area contributed by atoms with Gasteiger partial charge in [-0.05, 0) is 18.2 Å². The molecule has 0 aromatic heterocycles. The molecule has 5 nitrogen and oxygen atoms in total. The largest absolute Gasteiger partial charge is 0.484 e. The van der Waals surface area contributed by atoms with Gasteiger partial charge in [0.15, 0.2) is 19.2 Å². The molecule has 1 aromatic carbocycles. The summed E-state index contributed by atoms with van der Waals surface area (Å²) in [6.07, 6.45) is 6.10. The molecule has 0 saturated heterocycles. The van der Waals surface area contributed by atoms with Gasteiger partial charge < -0.3 is 10.1 Å². The molecule has 0 saturated carbocycles. The number of carbonyl (C=O) groups is 3. The summed E-state index contributed by atoms with van der Waals surface area (Å²) in [6.45, 7) is -0.0771. The van der Waals surface area contributed by atoms with E-state index < -0.39 is 0 Å². The summed E-state index contributed by atoms with van der Waals surface area (Å²) in [5, 5.41) is 2.43. The zero-order valence-electron chi connectivity index (χ0n) is 9.51. The number of nitrogens with one attached hydrogen (secondary N) is 1. The minimum absolute atomic E-state index is 0.131. The lowest BCUT2D eigenvalue weighted by molar-refractivity contribution is -0.122. The number of aldehydes is 2. The van der Waals surface area contributed by atoms with Gasteiger partial charge in [-0.25, -0.2) is 0 Å². The van der Waals surface area contributed by atoms with Crippen molar-refractivity contribution < 1.29 is 19.1 Å². The van der Waals surface area contributed by atoms with Crippen LogP contribution in [0.3, 0.4) is 0 Å². The fourth-order valence-corrected chi connectivity index (χ4v) is 1.20. The Morgan fingerprint density at radius 2 is 2.06 bits per heavy atom. The van der Waals surface area contributed by atoms with Crippen LogP contribution in [0.4, 0.5) is 0 Å². The molecular formula is C13H11NO4. The minimum Gasteiger partial charge on any atom is -0.484 e. The van der Waals surface area contributed by atoms with E-state index in [0.717, 1.165) is 0 Å². The third-order valence-electron chi connectivity index (χ3n) is 2.07. The molecule has 1 amide bonds. The van der Waals surface area contributed by atoms with Crippen LogP contribution in [0.5, 0.6) is 5.75 Å². The van der Waals surface area contributed by atoms with Crippen LogP contribution < -0.4 is 10.1 Å². The lowest BCUT2D eigenvalue weighted by atomic mass is 10.1. The van der Waals surface area contributed by atoms with Crippen LogP contribution in [0.15, 0.2) is 18.2 Å². The van der Waals surface area contributed by atoms with Crippen molar-refractivity contribution in [2.75, 3.05) is 13.2 Å². The van der Waals surface area contributed by atoms with Crippen LogP contribution in [-0.4, -0.2) is 31.6 Å². The van der Waals surface area contributed by atoms with Gasteiger partial charge in [-0.3, -0.25) is 14.4 Å². The van der Waals surface area contributed by atoms with E-state index in [1.54, 1.807) is 0 Å². The highest BCUT2D eigenvalue weighted by Crippen LogP contribution is 2.15. The topological polar surface area (TPSA) is 72.5 Å². The molecule has 0 aliphatic carbocycles. The number of amides is 1. The van der Waals surface area contributed by atoms with E-state index in [2.05, 4.69) is 11.2 Å². The zero-order chi connectivity index (χ0) is 13.4. The molecule has 0 aliphatic rings. The van der Waals surface area contributed by atoms with Crippen LogP contribution >= 0.6 is 0 Å². The van der Waals surface area contributed by atoms with Crippen molar-refractivity contribution in [3.05, 3.63) is 29.3 Å². The summed E-state index contributed by atoms with van der Waals surface area (Å²) in [5.41, 5.74) is 0.487. The Morgan fingerprint density at radius 1 is 1.33 bits per heavy atom. The standard InChI is InChI=1S/C13H11NO4/c1-2-5-14-13(17)9-18-12-4-3-10(7-15)11(6-12)8-16/h1,3-4,6-8H,5,9H2,(H,14,17). The highest BCUT2D eigenvalue weighted by atomic mass is 16.5. The Hall–Kier alpha value is -2.61. The van der Waals surface area contributed by atoms with Gasteiger partial charge in [-0.1, -0.05) is 5.92 Å². The van der Waals surface area contributed by atoms with Gasteiger partial charge in [-0.15, -0.1) is 6.42 Å². The van der Waals surface area contributed by atoms with E-state index >= 15 is 0 Å². The molecule has 0 heterocycles. The second kappa shape index (κ2) is 6.86. The van der Waals surface area contributed by atoms with Crippen molar-refractivity contribution >= 4 is 18.5 Å². The maximum atomic E-state index is 11.2. The Labute approximate surface area is 104 Å². The Balaban J connectivity index is 2.63. The summed E-state index contributed by atoms with van der Waals surface area (Å²) in [6, 6.07) is 4.35. The molecule has 18 heavy (non-hydrogen) atoms. The normalized spacial score (nSPS) is 9.06. The maximum Gasteiger partial charge on any atom is 0.258 e. The fraction of sp³-hybridized carbons (Fsp3) is 0.154. The summed E-state index contributed by atoms with van der Waals surface area (Å²) >= 11 is 0. The molecule has 5 heteroatoms. The second-order valence-electron chi connectivity index (χ2n) is 3.30. The molecule has 0 radical (unpaired) electrons. The number of benzene rings is 1. The predicted octanol–water partition coefficient (Wildman–Crippen LogP) is 0.440.